The minimum Gasteiger partial charge on any atom is -0.369 e. The smallest absolute Gasteiger partial charge is 0.325 e. The van der Waals surface area contributed by atoms with E-state index in [1.54, 1.807) is 36.1 Å². The van der Waals surface area contributed by atoms with Crippen LogP contribution in [-0.2, 0) is 4.79 Å². The standard InChI is InChI=1S/C18H20ClN5O3S/c1-10-14(16(26)24-8-6-11(7-9-24)15(20)25)28-18(21-10)23-17(27)22-13-4-2-12(19)3-5-13/h2-5,11H,6-9H2,1H3,(H2,20,25)(H2,21,22,23,27). The Hall–Kier alpha value is -2.65. The van der Waals surface area contributed by atoms with Crippen LogP contribution in [0.3, 0.4) is 0 Å². The quantitative estimate of drug-likeness (QED) is 0.702. The lowest BCUT2D eigenvalue weighted by Crippen LogP contribution is -2.41. The number of halogens is 1. The van der Waals surface area contributed by atoms with E-state index in [-0.39, 0.29) is 17.7 Å². The molecule has 0 spiro atoms. The molecule has 4 amide bonds. The number of thiazole rings is 1. The zero-order valence-corrected chi connectivity index (χ0v) is 16.8. The highest BCUT2D eigenvalue weighted by atomic mass is 35.5. The molecule has 8 nitrogen and oxygen atoms in total. The van der Waals surface area contributed by atoms with Gasteiger partial charge in [0.2, 0.25) is 5.91 Å². The highest BCUT2D eigenvalue weighted by Gasteiger charge is 2.28. The van der Waals surface area contributed by atoms with Crippen LogP contribution >= 0.6 is 22.9 Å². The number of rotatable bonds is 4. The van der Waals surface area contributed by atoms with Crippen molar-refractivity contribution in [2.24, 2.45) is 11.7 Å². The maximum Gasteiger partial charge on any atom is 0.325 e. The minimum atomic E-state index is -0.461. The molecule has 0 unspecified atom stereocenters. The monoisotopic (exact) mass is 421 g/mol. The lowest BCUT2D eigenvalue weighted by Gasteiger charge is -2.30. The normalized spacial score (nSPS) is 14.6. The summed E-state index contributed by atoms with van der Waals surface area (Å²) in [6.45, 7) is 2.68. The van der Waals surface area contributed by atoms with Crippen LogP contribution in [0.25, 0.3) is 0 Å². The number of likely N-dealkylation sites (tertiary alicyclic amines) is 1. The molecule has 2 aromatic rings. The summed E-state index contributed by atoms with van der Waals surface area (Å²) in [4.78, 5) is 42.6. The van der Waals surface area contributed by atoms with Gasteiger partial charge in [-0.15, -0.1) is 0 Å². The molecule has 0 atom stereocenters. The number of hydrogen-bond donors (Lipinski definition) is 3. The lowest BCUT2D eigenvalue weighted by molar-refractivity contribution is -0.123. The number of nitrogens with two attached hydrogens (primary N) is 1. The predicted molar refractivity (Wildman–Crippen MR) is 109 cm³/mol. The summed E-state index contributed by atoms with van der Waals surface area (Å²) in [5, 5.41) is 6.22. The fourth-order valence-electron chi connectivity index (χ4n) is 2.95. The number of primary amides is 1. The van der Waals surface area contributed by atoms with Gasteiger partial charge < -0.3 is 16.0 Å². The van der Waals surface area contributed by atoms with E-state index in [1.807, 2.05) is 0 Å². The van der Waals surface area contributed by atoms with E-state index in [9.17, 15) is 14.4 Å². The molecule has 0 saturated carbocycles. The number of carbonyl (C=O) groups is 3. The molecule has 2 heterocycles. The van der Waals surface area contributed by atoms with Crippen LogP contribution in [0.5, 0.6) is 0 Å². The fraction of sp³-hybridized carbons (Fsp3) is 0.333. The first-order valence-electron chi connectivity index (χ1n) is 8.73. The Bertz CT molecular complexity index is 891. The van der Waals surface area contributed by atoms with Gasteiger partial charge >= 0.3 is 6.03 Å². The van der Waals surface area contributed by atoms with Gasteiger partial charge in [-0.1, -0.05) is 22.9 Å². The van der Waals surface area contributed by atoms with Crippen molar-refractivity contribution in [3.8, 4) is 0 Å². The average Bonchev–Trinajstić information content (AvgIpc) is 3.03. The third-order valence-electron chi connectivity index (χ3n) is 4.50. The second kappa shape index (κ2) is 8.57. The molecule has 1 aliphatic rings. The first kappa shape index (κ1) is 20.1. The molecule has 1 aromatic carbocycles. The fourth-order valence-corrected chi connectivity index (χ4v) is 4.01. The molecular weight excluding hydrogens is 402 g/mol. The van der Waals surface area contributed by atoms with Crippen molar-refractivity contribution in [1.82, 2.24) is 9.88 Å². The van der Waals surface area contributed by atoms with Gasteiger partial charge in [-0.05, 0) is 44.0 Å². The molecule has 10 heteroatoms. The molecule has 0 bridgehead atoms. The topological polar surface area (TPSA) is 117 Å². The molecule has 1 fully saturated rings. The number of nitrogens with one attached hydrogen (secondary N) is 2. The Morgan fingerprint density at radius 3 is 2.43 bits per heavy atom. The molecule has 0 radical (unpaired) electrons. The highest BCUT2D eigenvalue weighted by molar-refractivity contribution is 7.17. The zero-order valence-electron chi connectivity index (χ0n) is 15.2. The summed E-state index contributed by atoms with van der Waals surface area (Å²) in [6.07, 6.45) is 1.13. The van der Waals surface area contributed by atoms with Crippen molar-refractivity contribution >= 4 is 51.6 Å². The third-order valence-corrected chi connectivity index (χ3v) is 5.81. The van der Waals surface area contributed by atoms with Gasteiger partial charge in [0.1, 0.15) is 4.88 Å². The number of hydrogen-bond acceptors (Lipinski definition) is 5. The summed E-state index contributed by atoms with van der Waals surface area (Å²) in [5.41, 5.74) is 6.47. The van der Waals surface area contributed by atoms with Gasteiger partial charge in [0.25, 0.3) is 5.91 Å². The molecule has 28 heavy (non-hydrogen) atoms. The predicted octanol–water partition coefficient (Wildman–Crippen LogP) is 3.09. The number of carbonyl (C=O) groups excluding carboxylic acids is 3. The number of benzene rings is 1. The van der Waals surface area contributed by atoms with Crippen molar-refractivity contribution in [2.75, 3.05) is 23.7 Å². The summed E-state index contributed by atoms with van der Waals surface area (Å²) in [6, 6.07) is 6.24. The number of nitrogens with zero attached hydrogens (tertiary/aromatic N) is 2. The van der Waals surface area contributed by atoms with Gasteiger partial charge in [0.15, 0.2) is 5.13 Å². The Morgan fingerprint density at radius 1 is 1.18 bits per heavy atom. The number of aryl methyl sites for hydroxylation is 1. The van der Waals surface area contributed by atoms with Crippen LogP contribution in [0.4, 0.5) is 15.6 Å². The molecule has 148 valence electrons. The van der Waals surface area contributed by atoms with Gasteiger partial charge in [-0.25, -0.2) is 9.78 Å². The molecule has 1 aliphatic heterocycles. The largest absolute Gasteiger partial charge is 0.369 e. The zero-order chi connectivity index (χ0) is 20.3. The summed E-state index contributed by atoms with van der Waals surface area (Å²) in [5.74, 6) is -0.649. The Morgan fingerprint density at radius 2 is 1.82 bits per heavy atom. The number of anilines is 2. The number of amides is 4. The van der Waals surface area contributed by atoms with Crippen LogP contribution in [0.2, 0.25) is 5.02 Å². The molecular formula is C18H20ClN5O3S. The Balaban J connectivity index is 1.61. The number of urea groups is 1. The Kier molecular flexibility index (Phi) is 6.15. The number of piperidine rings is 1. The summed E-state index contributed by atoms with van der Waals surface area (Å²) in [7, 11) is 0. The number of aromatic nitrogens is 1. The molecule has 4 N–H and O–H groups in total. The minimum absolute atomic E-state index is 0.149. The molecule has 0 aliphatic carbocycles. The first-order chi connectivity index (χ1) is 13.3. The van der Waals surface area contributed by atoms with Crippen molar-refractivity contribution < 1.29 is 14.4 Å². The maximum atomic E-state index is 12.8. The van der Waals surface area contributed by atoms with Crippen LogP contribution in [0.1, 0.15) is 28.2 Å². The highest BCUT2D eigenvalue weighted by Crippen LogP contribution is 2.26. The molecule has 3 rings (SSSR count). The van der Waals surface area contributed by atoms with Crippen molar-refractivity contribution in [2.45, 2.75) is 19.8 Å². The lowest BCUT2D eigenvalue weighted by atomic mass is 9.96. The van der Waals surface area contributed by atoms with Crippen LogP contribution < -0.4 is 16.4 Å². The van der Waals surface area contributed by atoms with E-state index in [0.29, 0.717) is 52.3 Å². The van der Waals surface area contributed by atoms with Crippen molar-refractivity contribution in [3.05, 3.63) is 39.9 Å². The third kappa shape index (κ3) is 4.79. The van der Waals surface area contributed by atoms with E-state index >= 15 is 0 Å². The first-order valence-corrected chi connectivity index (χ1v) is 9.92. The SMILES string of the molecule is Cc1nc(NC(=O)Nc2ccc(Cl)cc2)sc1C(=O)N1CCC(C(N)=O)CC1. The molecule has 1 aromatic heterocycles. The summed E-state index contributed by atoms with van der Waals surface area (Å²) < 4.78 is 0. The van der Waals surface area contributed by atoms with E-state index in [2.05, 4.69) is 15.6 Å². The van der Waals surface area contributed by atoms with E-state index in [4.69, 9.17) is 17.3 Å². The Labute approximate surface area is 171 Å². The second-order valence-electron chi connectivity index (χ2n) is 6.49. The maximum absolute atomic E-state index is 12.8. The van der Waals surface area contributed by atoms with Crippen molar-refractivity contribution in [1.29, 1.82) is 0 Å². The average molecular weight is 422 g/mol. The van der Waals surface area contributed by atoms with Gasteiger partial charge in [0, 0.05) is 29.7 Å². The van der Waals surface area contributed by atoms with E-state index in [1.165, 1.54) is 0 Å². The second-order valence-corrected chi connectivity index (χ2v) is 7.92. The van der Waals surface area contributed by atoms with E-state index in [0.717, 1.165) is 11.3 Å². The van der Waals surface area contributed by atoms with Crippen LogP contribution in [0, 0.1) is 12.8 Å². The van der Waals surface area contributed by atoms with Crippen molar-refractivity contribution in [3.63, 3.8) is 0 Å². The summed E-state index contributed by atoms with van der Waals surface area (Å²) >= 11 is 6.94. The van der Waals surface area contributed by atoms with Crippen LogP contribution in [-0.4, -0.2) is 40.8 Å². The van der Waals surface area contributed by atoms with Crippen LogP contribution in [0.15, 0.2) is 24.3 Å². The van der Waals surface area contributed by atoms with E-state index < -0.39 is 6.03 Å². The van der Waals surface area contributed by atoms with Gasteiger partial charge in [0.05, 0.1) is 5.69 Å². The molecule has 1 saturated heterocycles. The van der Waals surface area contributed by atoms with Gasteiger partial charge in [-0.3, -0.25) is 14.9 Å². The van der Waals surface area contributed by atoms with Gasteiger partial charge in [-0.2, -0.15) is 0 Å².